The molecule has 19 heavy (non-hydrogen) atoms. The zero-order chi connectivity index (χ0) is 14.8. The van der Waals surface area contributed by atoms with Crippen molar-refractivity contribution in [2.24, 2.45) is 11.1 Å². The number of rotatable bonds is 3. The summed E-state index contributed by atoms with van der Waals surface area (Å²) in [5.41, 5.74) is 4.75. The van der Waals surface area contributed by atoms with Crippen molar-refractivity contribution in [1.82, 2.24) is 0 Å². The molecule has 1 amide bonds. The molecule has 6 nitrogen and oxygen atoms in total. The number of carbonyl (C=O) groups excluding carboxylic acids is 1. The maximum atomic E-state index is 13.1. The molecule has 1 rings (SSSR count). The van der Waals surface area contributed by atoms with Gasteiger partial charge in [-0.15, -0.1) is 0 Å². The van der Waals surface area contributed by atoms with Crippen LogP contribution in [0.2, 0.25) is 0 Å². The number of amides is 1. The Morgan fingerprint density at radius 2 is 2.05 bits per heavy atom. The standard InChI is InChI=1S/C12H16FN3O3/c1-12(2,3)10(14)11(17)15-7-4-5-8(13)9(6-7)16(18)19/h4-6,10H,14H2,1-3H3,(H,15,17)/t10-/m0/s1. The van der Waals surface area contributed by atoms with E-state index in [0.717, 1.165) is 12.1 Å². The van der Waals surface area contributed by atoms with E-state index in [0.29, 0.717) is 0 Å². The van der Waals surface area contributed by atoms with Gasteiger partial charge in [0.05, 0.1) is 11.0 Å². The van der Waals surface area contributed by atoms with E-state index in [2.05, 4.69) is 5.32 Å². The first-order valence-corrected chi connectivity index (χ1v) is 5.63. The van der Waals surface area contributed by atoms with Crippen LogP contribution in [0.3, 0.4) is 0 Å². The maximum absolute atomic E-state index is 13.1. The molecule has 0 saturated heterocycles. The highest BCUT2D eigenvalue weighted by molar-refractivity contribution is 5.95. The molecular formula is C12H16FN3O3. The summed E-state index contributed by atoms with van der Waals surface area (Å²) < 4.78 is 13.1. The molecule has 0 saturated carbocycles. The Labute approximate surface area is 109 Å². The van der Waals surface area contributed by atoms with Crippen LogP contribution in [-0.4, -0.2) is 16.9 Å². The van der Waals surface area contributed by atoms with E-state index in [1.54, 1.807) is 20.8 Å². The molecule has 0 aliphatic rings. The predicted molar refractivity (Wildman–Crippen MR) is 69.1 cm³/mol. The Kier molecular flexibility index (Phi) is 4.21. The van der Waals surface area contributed by atoms with E-state index in [4.69, 9.17) is 5.73 Å². The third-order valence-electron chi connectivity index (χ3n) is 2.63. The van der Waals surface area contributed by atoms with Crippen molar-refractivity contribution in [3.05, 3.63) is 34.1 Å². The molecule has 0 aliphatic carbocycles. The number of anilines is 1. The highest BCUT2D eigenvalue weighted by atomic mass is 19.1. The van der Waals surface area contributed by atoms with Crippen molar-refractivity contribution in [3.63, 3.8) is 0 Å². The lowest BCUT2D eigenvalue weighted by Gasteiger charge is -2.25. The number of hydrogen-bond acceptors (Lipinski definition) is 4. The van der Waals surface area contributed by atoms with Crippen molar-refractivity contribution < 1.29 is 14.1 Å². The zero-order valence-corrected chi connectivity index (χ0v) is 10.9. The van der Waals surface area contributed by atoms with Crippen molar-refractivity contribution in [1.29, 1.82) is 0 Å². The van der Waals surface area contributed by atoms with Gasteiger partial charge in [-0.3, -0.25) is 14.9 Å². The minimum atomic E-state index is -0.955. The molecule has 3 N–H and O–H groups in total. The number of nitrogens with one attached hydrogen (secondary N) is 1. The average molecular weight is 269 g/mol. The van der Waals surface area contributed by atoms with Gasteiger partial charge in [-0.2, -0.15) is 4.39 Å². The largest absolute Gasteiger partial charge is 0.324 e. The van der Waals surface area contributed by atoms with Gasteiger partial charge in [0.25, 0.3) is 0 Å². The molecule has 0 bridgehead atoms. The van der Waals surface area contributed by atoms with Gasteiger partial charge in [0, 0.05) is 11.8 Å². The van der Waals surface area contributed by atoms with Gasteiger partial charge in [-0.25, -0.2) is 0 Å². The van der Waals surface area contributed by atoms with E-state index >= 15 is 0 Å². The summed E-state index contributed by atoms with van der Waals surface area (Å²) in [7, 11) is 0. The Morgan fingerprint density at radius 1 is 1.47 bits per heavy atom. The van der Waals surface area contributed by atoms with Crippen LogP contribution in [0.1, 0.15) is 20.8 Å². The fourth-order valence-electron chi connectivity index (χ4n) is 1.34. The summed E-state index contributed by atoms with van der Waals surface area (Å²) in [4.78, 5) is 21.6. The van der Waals surface area contributed by atoms with Gasteiger partial charge in [0.2, 0.25) is 11.7 Å². The Balaban J connectivity index is 2.92. The first-order chi connectivity index (χ1) is 8.62. The maximum Gasteiger partial charge on any atom is 0.306 e. The van der Waals surface area contributed by atoms with Gasteiger partial charge in [0.1, 0.15) is 0 Å². The summed E-state index contributed by atoms with van der Waals surface area (Å²) in [5.74, 6) is -1.43. The smallest absolute Gasteiger partial charge is 0.306 e. The first kappa shape index (κ1) is 15.0. The fraction of sp³-hybridized carbons (Fsp3) is 0.417. The first-order valence-electron chi connectivity index (χ1n) is 5.63. The van der Waals surface area contributed by atoms with Crippen LogP contribution in [0, 0.1) is 21.3 Å². The normalized spacial score (nSPS) is 12.9. The van der Waals surface area contributed by atoms with E-state index in [9.17, 15) is 19.3 Å². The highest BCUT2D eigenvalue weighted by Crippen LogP contribution is 2.23. The van der Waals surface area contributed by atoms with Gasteiger partial charge in [0.15, 0.2) is 0 Å². The summed E-state index contributed by atoms with van der Waals surface area (Å²) in [6, 6.07) is 2.35. The molecule has 0 heterocycles. The number of nitrogens with zero attached hydrogens (tertiary/aromatic N) is 1. The lowest BCUT2D eigenvalue weighted by Crippen LogP contribution is -2.45. The van der Waals surface area contributed by atoms with Crippen molar-refractivity contribution >= 4 is 17.3 Å². The summed E-state index contributed by atoms with van der Waals surface area (Å²) >= 11 is 0. The molecule has 104 valence electrons. The number of benzene rings is 1. The molecule has 0 aliphatic heterocycles. The summed E-state index contributed by atoms with van der Waals surface area (Å²) in [6.07, 6.45) is 0. The highest BCUT2D eigenvalue weighted by Gasteiger charge is 2.27. The SMILES string of the molecule is CC(C)(C)[C@@H](N)C(=O)Nc1ccc(F)c([N+](=O)[O-])c1. The molecule has 0 fully saturated rings. The van der Waals surface area contributed by atoms with Gasteiger partial charge in [-0.1, -0.05) is 20.8 Å². The third-order valence-corrected chi connectivity index (χ3v) is 2.63. The van der Waals surface area contributed by atoms with Crippen molar-refractivity contribution in [3.8, 4) is 0 Å². The van der Waals surface area contributed by atoms with Crippen LogP contribution in [0.5, 0.6) is 0 Å². The Hall–Kier alpha value is -2.02. The predicted octanol–water partition coefficient (Wildman–Crippen LogP) is 2.05. The van der Waals surface area contributed by atoms with Gasteiger partial charge in [-0.05, 0) is 17.5 Å². The molecule has 0 radical (unpaired) electrons. The van der Waals surface area contributed by atoms with E-state index in [1.165, 1.54) is 6.07 Å². The lowest BCUT2D eigenvalue weighted by molar-refractivity contribution is -0.387. The van der Waals surface area contributed by atoms with Crippen LogP contribution in [0.4, 0.5) is 15.8 Å². The third kappa shape index (κ3) is 3.72. The van der Waals surface area contributed by atoms with Crippen LogP contribution >= 0.6 is 0 Å². The monoisotopic (exact) mass is 269 g/mol. The van der Waals surface area contributed by atoms with E-state index in [-0.39, 0.29) is 5.69 Å². The van der Waals surface area contributed by atoms with Crippen molar-refractivity contribution in [2.75, 3.05) is 5.32 Å². The Bertz CT molecular complexity index is 511. The molecular weight excluding hydrogens is 253 g/mol. The number of halogens is 1. The number of carbonyl (C=O) groups is 1. The van der Waals surface area contributed by atoms with E-state index < -0.39 is 33.8 Å². The molecule has 7 heteroatoms. The second-order valence-corrected chi connectivity index (χ2v) is 5.26. The molecule has 0 aromatic heterocycles. The van der Waals surface area contributed by atoms with Crippen LogP contribution in [0.25, 0.3) is 0 Å². The topological polar surface area (TPSA) is 98.3 Å². The molecule has 0 unspecified atom stereocenters. The number of hydrogen-bond donors (Lipinski definition) is 2. The van der Waals surface area contributed by atoms with Crippen LogP contribution in [-0.2, 0) is 4.79 Å². The summed E-state index contributed by atoms with van der Waals surface area (Å²) in [6.45, 7) is 5.39. The molecule has 0 spiro atoms. The molecule has 1 atom stereocenters. The minimum absolute atomic E-state index is 0.137. The minimum Gasteiger partial charge on any atom is -0.324 e. The van der Waals surface area contributed by atoms with Crippen LogP contribution < -0.4 is 11.1 Å². The van der Waals surface area contributed by atoms with Crippen LogP contribution in [0.15, 0.2) is 18.2 Å². The molecule has 1 aromatic carbocycles. The average Bonchev–Trinajstić information content (AvgIpc) is 2.29. The molecule has 1 aromatic rings. The summed E-state index contributed by atoms with van der Waals surface area (Å²) in [5, 5.41) is 13.0. The Morgan fingerprint density at radius 3 is 2.53 bits per heavy atom. The van der Waals surface area contributed by atoms with Gasteiger partial charge >= 0.3 is 5.69 Å². The quantitative estimate of drug-likeness (QED) is 0.648. The number of nitro benzene ring substituents is 1. The van der Waals surface area contributed by atoms with Gasteiger partial charge < -0.3 is 11.1 Å². The fourth-order valence-corrected chi connectivity index (χ4v) is 1.34. The van der Waals surface area contributed by atoms with Crippen molar-refractivity contribution in [2.45, 2.75) is 26.8 Å². The second kappa shape index (κ2) is 5.31. The number of nitro groups is 1. The lowest BCUT2D eigenvalue weighted by atomic mass is 9.87. The number of nitrogens with two attached hydrogens (primary N) is 1. The second-order valence-electron chi connectivity index (χ2n) is 5.26. The van der Waals surface area contributed by atoms with E-state index in [1.807, 2.05) is 0 Å². The zero-order valence-electron chi connectivity index (χ0n) is 10.9.